The van der Waals surface area contributed by atoms with Gasteiger partial charge in [0.2, 0.25) is 0 Å². The molecule has 0 saturated carbocycles. The second kappa shape index (κ2) is 10.9. The third kappa shape index (κ3) is 5.62. The van der Waals surface area contributed by atoms with E-state index in [9.17, 15) is 14.0 Å². The molecule has 0 radical (unpaired) electrons. The first-order valence-electron chi connectivity index (χ1n) is 13.9. The van der Waals surface area contributed by atoms with Crippen LogP contribution in [0.25, 0.3) is 0 Å². The molecule has 4 heterocycles. The van der Waals surface area contributed by atoms with Crippen molar-refractivity contribution in [2.24, 2.45) is 5.41 Å². The number of carbonyl (C=O) groups is 2. The Morgan fingerprint density at radius 2 is 1.82 bits per heavy atom. The monoisotopic (exact) mass is 555 g/mol. The number of ether oxygens (including phenoxy) is 3. The van der Waals surface area contributed by atoms with Gasteiger partial charge in [-0.2, -0.15) is 0 Å². The van der Waals surface area contributed by atoms with E-state index in [0.29, 0.717) is 37.7 Å². The van der Waals surface area contributed by atoms with E-state index in [2.05, 4.69) is 15.3 Å². The molecule has 40 heavy (non-hydrogen) atoms. The number of nitrogens with zero attached hydrogens (tertiary/aromatic N) is 4. The number of hydrogen-bond donors (Lipinski definition) is 1. The molecule has 216 valence electrons. The normalized spacial score (nSPS) is 24.4. The molecule has 3 aliphatic rings. The van der Waals surface area contributed by atoms with Crippen LogP contribution in [-0.4, -0.2) is 82.3 Å². The van der Waals surface area contributed by atoms with Crippen molar-refractivity contribution >= 4 is 12.0 Å². The molecule has 0 bridgehead atoms. The Hall–Kier alpha value is -3.31. The molecule has 5 rings (SSSR count). The number of hydrogen-bond acceptors (Lipinski definition) is 8. The average molecular weight is 556 g/mol. The molecule has 1 aromatic carbocycles. The summed E-state index contributed by atoms with van der Waals surface area (Å²) >= 11 is 0. The van der Waals surface area contributed by atoms with E-state index in [1.54, 1.807) is 16.0 Å². The minimum absolute atomic E-state index is 0.106. The summed E-state index contributed by atoms with van der Waals surface area (Å²) in [7, 11) is 0. The summed E-state index contributed by atoms with van der Waals surface area (Å²) in [6, 6.07) is 3.52. The third-order valence-corrected chi connectivity index (χ3v) is 7.96. The third-order valence-electron chi connectivity index (χ3n) is 7.96. The standard InChI is InChI=1S/C29H38FN5O5/c1-18-14-38-15-19(2)35(18)26(36)21-12-20(30)6-7-22(21)39-23-13-31-17-33-24(23)25-29(16-32-25)8-10-34(11-9-29)27(37)40-28(3,4)5/h6-7,12-13,17-19,25,32H,8-11,14-16H2,1-5H3/t18-,19-,25?/m1/s1. The number of benzene rings is 1. The van der Waals surface area contributed by atoms with Crippen molar-refractivity contribution in [1.82, 2.24) is 25.1 Å². The van der Waals surface area contributed by atoms with Crippen LogP contribution in [0.15, 0.2) is 30.7 Å². The summed E-state index contributed by atoms with van der Waals surface area (Å²) in [4.78, 5) is 38.4. The van der Waals surface area contributed by atoms with Crippen molar-refractivity contribution < 1.29 is 28.2 Å². The van der Waals surface area contributed by atoms with Crippen LogP contribution in [-0.2, 0) is 9.47 Å². The number of nitrogens with one attached hydrogen (secondary N) is 1. The molecule has 3 aliphatic heterocycles. The van der Waals surface area contributed by atoms with Crippen molar-refractivity contribution in [3.05, 3.63) is 47.8 Å². The molecule has 11 heteroatoms. The quantitative estimate of drug-likeness (QED) is 0.595. The highest BCUT2D eigenvalue weighted by Crippen LogP contribution is 2.50. The zero-order valence-corrected chi connectivity index (χ0v) is 23.8. The second-order valence-electron chi connectivity index (χ2n) is 12.1. The lowest BCUT2D eigenvalue weighted by Gasteiger charge is -2.54. The zero-order chi connectivity index (χ0) is 28.7. The molecular weight excluding hydrogens is 517 g/mol. The molecule has 1 aromatic heterocycles. The maximum atomic E-state index is 14.4. The Bertz CT molecular complexity index is 1250. The van der Waals surface area contributed by atoms with E-state index >= 15 is 0 Å². The van der Waals surface area contributed by atoms with Gasteiger partial charge >= 0.3 is 6.09 Å². The van der Waals surface area contributed by atoms with Gasteiger partial charge in [0, 0.05) is 25.0 Å². The highest BCUT2D eigenvalue weighted by Gasteiger charge is 2.51. The summed E-state index contributed by atoms with van der Waals surface area (Å²) in [6.45, 7) is 12.2. The molecule has 1 N–H and O–H groups in total. The van der Waals surface area contributed by atoms with Crippen molar-refractivity contribution in [3.63, 3.8) is 0 Å². The Balaban J connectivity index is 1.36. The van der Waals surface area contributed by atoms with E-state index in [1.165, 1.54) is 24.5 Å². The van der Waals surface area contributed by atoms with Gasteiger partial charge in [-0.05, 0) is 65.7 Å². The fourth-order valence-corrected chi connectivity index (χ4v) is 5.85. The van der Waals surface area contributed by atoms with Gasteiger partial charge < -0.3 is 29.3 Å². The Morgan fingerprint density at radius 3 is 2.45 bits per heavy atom. The fraction of sp³-hybridized carbons (Fsp3) is 0.586. The molecule has 10 nitrogen and oxygen atoms in total. The number of amides is 2. The lowest BCUT2D eigenvalue weighted by atomic mass is 9.65. The van der Waals surface area contributed by atoms with Gasteiger partial charge in [-0.3, -0.25) is 4.79 Å². The van der Waals surface area contributed by atoms with Crippen LogP contribution < -0.4 is 10.1 Å². The SMILES string of the molecule is C[C@@H]1COC[C@@H](C)N1C(=O)c1cc(F)ccc1Oc1cncnc1C1NCC12CCN(C(=O)OC(C)(C)C)CC2. The van der Waals surface area contributed by atoms with Gasteiger partial charge in [0.15, 0.2) is 5.75 Å². The first kappa shape index (κ1) is 28.2. The molecule has 3 atom stereocenters. The van der Waals surface area contributed by atoms with E-state index in [0.717, 1.165) is 19.4 Å². The minimum Gasteiger partial charge on any atom is -0.453 e. The van der Waals surface area contributed by atoms with E-state index in [-0.39, 0.29) is 46.9 Å². The van der Waals surface area contributed by atoms with Gasteiger partial charge in [0.05, 0.1) is 43.1 Å². The van der Waals surface area contributed by atoms with Crippen LogP contribution >= 0.6 is 0 Å². The number of likely N-dealkylation sites (tertiary alicyclic amines) is 1. The smallest absolute Gasteiger partial charge is 0.410 e. The largest absolute Gasteiger partial charge is 0.453 e. The van der Waals surface area contributed by atoms with Crippen LogP contribution in [0.2, 0.25) is 0 Å². The topological polar surface area (TPSA) is 106 Å². The number of rotatable bonds is 4. The molecule has 2 amide bonds. The van der Waals surface area contributed by atoms with Crippen molar-refractivity contribution in [2.45, 2.75) is 71.2 Å². The van der Waals surface area contributed by atoms with Crippen LogP contribution in [0, 0.1) is 11.2 Å². The molecular formula is C29H38FN5O5. The molecule has 2 aromatic rings. The maximum absolute atomic E-state index is 14.4. The Morgan fingerprint density at radius 1 is 1.12 bits per heavy atom. The zero-order valence-electron chi connectivity index (χ0n) is 23.8. The maximum Gasteiger partial charge on any atom is 0.410 e. The number of piperidine rings is 1. The first-order valence-corrected chi connectivity index (χ1v) is 13.9. The number of aromatic nitrogens is 2. The lowest BCUT2D eigenvalue weighted by Crippen LogP contribution is -2.61. The van der Waals surface area contributed by atoms with Gasteiger partial charge in [-0.25, -0.2) is 19.2 Å². The number of carbonyl (C=O) groups excluding carboxylic acids is 2. The summed E-state index contributed by atoms with van der Waals surface area (Å²) in [6.07, 6.45) is 4.30. The van der Waals surface area contributed by atoms with E-state index < -0.39 is 11.4 Å². The summed E-state index contributed by atoms with van der Waals surface area (Å²) in [5.74, 6) is -0.201. The first-order chi connectivity index (χ1) is 19.0. The average Bonchev–Trinajstić information content (AvgIpc) is 2.89. The molecule has 3 saturated heterocycles. The van der Waals surface area contributed by atoms with E-state index in [4.69, 9.17) is 14.2 Å². The summed E-state index contributed by atoms with van der Waals surface area (Å²) in [5.41, 5.74) is 0.156. The van der Waals surface area contributed by atoms with Crippen LogP contribution in [0.5, 0.6) is 11.5 Å². The van der Waals surface area contributed by atoms with Crippen LogP contribution in [0.4, 0.5) is 9.18 Å². The van der Waals surface area contributed by atoms with Gasteiger partial charge in [-0.1, -0.05) is 0 Å². The predicted molar refractivity (Wildman–Crippen MR) is 145 cm³/mol. The molecule has 3 fully saturated rings. The Kier molecular flexibility index (Phi) is 7.71. The number of morpholine rings is 1. The highest BCUT2D eigenvalue weighted by atomic mass is 19.1. The van der Waals surface area contributed by atoms with Gasteiger partial charge in [0.25, 0.3) is 5.91 Å². The predicted octanol–water partition coefficient (Wildman–Crippen LogP) is 4.32. The minimum atomic E-state index is -0.543. The van der Waals surface area contributed by atoms with E-state index in [1.807, 2.05) is 34.6 Å². The van der Waals surface area contributed by atoms with Gasteiger partial charge in [-0.15, -0.1) is 0 Å². The molecule has 1 unspecified atom stereocenters. The van der Waals surface area contributed by atoms with Crippen LogP contribution in [0.3, 0.4) is 0 Å². The van der Waals surface area contributed by atoms with Crippen molar-refractivity contribution in [2.75, 3.05) is 32.8 Å². The van der Waals surface area contributed by atoms with Gasteiger partial charge in [0.1, 0.15) is 29.2 Å². The summed E-state index contributed by atoms with van der Waals surface area (Å²) < 4.78 is 31.8. The number of halogens is 1. The highest BCUT2D eigenvalue weighted by molar-refractivity contribution is 5.97. The van der Waals surface area contributed by atoms with Crippen molar-refractivity contribution in [3.8, 4) is 11.5 Å². The fourth-order valence-electron chi connectivity index (χ4n) is 5.85. The Labute approximate surface area is 234 Å². The lowest BCUT2D eigenvalue weighted by molar-refractivity contribution is -0.0251. The van der Waals surface area contributed by atoms with Crippen LogP contribution in [0.1, 0.15) is 69.6 Å². The second-order valence-corrected chi connectivity index (χ2v) is 12.1. The summed E-state index contributed by atoms with van der Waals surface area (Å²) in [5, 5.41) is 3.49. The molecule has 0 aliphatic carbocycles. The molecule has 1 spiro atoms. The van der Waals surface area contributed by atoms with Crippen molar-refractivity contribution in [1.29, 1.82) is 0 Å².